The molecule has 3 N–H and O–H groups in total. The molecule has 0 spiro atoms. The topological polar surface area (TPSA) is 71.8 Å². The lowest BCUT2D eigenvalue weighted by molar-refractivity contribution is 0.603. The fourth-order valence-electron chi connectivity index (χ4n) is 1.91. The van der Waals surface area contributed by atoms with Crippen LogP contribution < -0.4 is 11.4 Å². The normalized spacial score (nSPS) is 17.8. The Balaban J connectivity index is 2.16. The van der Waals surface area contributed by atoms with Gasteiger partial charge in [-0.15, -0.1) is 0 Å². The Kier molecular flexibility index (Phi) is 2.38. The zero-order chi connectivity index (χ0) is 11.1. The van der Waals surface area contributed by atoms with Crippen LogP contribution in [0, 0.1) is 13.8 Å². The summed E-state index contributed by atoms with van der Waals surface area (Å²) in [5.41, 5.74) is 8.74. The number of hydrogen-bond acceptors (Lipinski definition) is 3. The first kappa shape index (κ1) is 10.4. The van der Waals surface area contributed by atoms with E-state index in [1.54, 1.807) is 0 Å². The highest BCUT2D eigenvalue weighted by Crippen LogP contribution is 2.36. The van der Waals surface area contributed by atoms with Gasteiger partial charge < -0.3 is 10.7 Å². The van der Waals surface area contributed by atoms with Gasteiger partial charge in [-0.3, -0.25) is 0 Å². The van der Waals surface area contributed by atoms with Crippen molar-refractivity contribution < 1.29 is 0 Å². The SMILES string of the molecule is Cc1nc(=O)[nH]c(C)c1CCC1(N)CC1. The number of aromatic amines is 1. The fraction of sp³-hybridized carbons (Fsp3) is 0.636. The van der Waals surface area contributed by atoms with Gasteiger partial charge in [0.05, 0.1) is 0 Å². The van der Waals surface area contributed by atoms with Crippen molar-refractivity contribution in [2.75, 3.05) is 0 Å². The van der Waals surface area contributed by atoms with Gasteiger partial charge in [-0.05, 0) is 45.1 Å². The zero-order valence-corrected chi connectivity index (χ0v) is 9.26. The van der Waals surface area contributed by atoms with E-state index in [1.165, 1.54) is 0 Å². The van der Waals surface area contributed by atoms with Crippen molar-refractivity contribution in [1.82, 2.24) is 9.97 Å². The van der Waals surface area contributed by atoms with Crippen LogP contribution in [0.1, 0.15) is 36.2 Å². The second kappa shape index (κ2) is 3.45. The molecule has 1 saturated carbocycles. The number of nitrogens with two attached hydrogens (primary N) is 1. The average molecular weight is 207 g/mol. The molecule has 1 aromatic heterocycles. The Labute approximate surface area is 88.9 Å². The third-order valence-corrected chi connectivity index (χ3v) is 3.22. The lowest BCUT2D eigenvalue weighted by atomic mass is 10.0. The number of H-pyrrole nitrogens is 1. The largest absolute Gasteiger partial charge is 0.345 e. The maximum absolute atomic E-state index is 11.1. The Morgan fingerprint density at radius 1 is 1.47 bits per heavy atom. The third kappa shape index (κ3) is 2.26. The van der Waals surface area contributed by atoms with Crippen LogP contribution in [-0.2, 0) is 6.42 Å². The highest BCUT2D eigenvalue weighted by Gasteiger charge is 2.37. The molecule has 1 fully saturated rings. The highest BCUT2D eigenvalue weighted by molar-refractivity contribution is 5.23. The summed E-state index contributed by atoms with van der Waals surface area (Å²) in [5, 5.41) is 0. The summed E-state index contributed by atoms with van der Waals surface area (Å²) in [6.07, 6.45) is 4.16. The summed E-state index contributed by atoms with van der Waals surface area (Å²) in [6.45, 7) is 3.80. The van der Waals surface area contributed by atoms with Crippen LogP contribution in [0.3, 0.4) is 0 Å². The molecule has 0 saturated heterocycles. The summed E-state index contributed by atoms with van der Waals surface area (Å²) in [5.74, 6) is 0. The molecule has 0 amide bonds. The van der Waals surface area contributed by atoms with Gasteiger partial charge in [0.25, 0.3) is 0 Å². The maximum atomic E-state index is 11.1. The fourth-order valence-corrected chi connectivity index (χ4v) is 1.91. The number of rotatable bonds is 3. The first-order valence-corrected chi connectivity index (χ1v) is 5.35. The number of aryl methyl sites for hydroxylation is 2. The molecule has 0 bridgehead atoms. The van der Waals surface area contributed by atoms with Crippen molar-refractivity contribution in [2.45, 2.75) is 45.1 Å². The van der Waals surface area contributed by atoms with E-state index in [4.69, 9.17) is 5.73 Å². The number of nitrogens with zero attached hydrogens (tertiary/aromatic N) is 1. The van der Waals surface area contributed by atoms with Crippen molar-refractivity contribution in [2.24, 2.45) is 5.73 Å². The number of hydrogen-bond donors (Lipinski definition) is 2. The lowest BCUT2D eigenvalue weighted by Crippen LogP contribution is -2.23. The number of aromatic nitrogens is 2. The molecule has 1 aliphatic rings. The van der Waals surface area contributed by atoms with Gasteiger partial charge in [0, 0.05) is 16.9 Å². The molecular weight excluding hydrogens is 190 g/mol. The molecule has 82 valence electrons. The van der Waals surface area contributed by atoms with Crippen LogP contribution in [0.4, 0.5) is 0 Å². The summed E-state index contributed by atoms with van der Waals surface area (Å²) in [7, 11) is 0. The first-order valence-electron chi connectivity index (χ1n) is 5.35. The van der Waals surface area contributed by atoms with Crippen molar-refractivity contribution >= 4 is 0 Å². The molecule has 4 heteroatoms. The molecule has 0 aliphatic heterocycles. The molecule has 2 rings (SSSR count). The van der Waals surface area contributed by atoms with Gasteiger partial charge in [0.2, 0.25) is 0 Å². The van der Waals surface area contributed by atoms with Gasteiger partial charge in [-0.25, -0.2) is 4.79 Å². The predicted octanol–water partition coefficient (Wildman–Crippen LogP) is 0.811. The molecule has 15 heavy (non-hydrogen) atoms. The molecular formula is C11H17N3O. The highest BCUT2D eigenvalue weighted by atomic mass is 16.1. The summed E-state index contributed by atoms with van der Waals surface area (Å²) in [6, 6.07) is 0. The molecule has 0 unspecified atom stereocenters. The van der Waals surface area contributed by atoms with Gasteiger partial charge >= 0.3 is 5.69 Å². The lowest BCUT2D eigenvalue weighted by Gasteiger charge is -2.11. The Morgan fingerprint density at radius 2 is 2.13 bits per heavy atom. The maximum Gasteiger partial charge on any atom is 0.345 e. The van der Waals surface area contributed by atoms with Crippen LogP contribution in [0.5, 0.6) is 0 Å². The van der Waals surface area contributed by atoms with Gasteiger partial charge in [-0.2, -0.15) is 4.98 Å². The standard InChI is InChI=1S/C11H17N3O/c1-7-9(3-4-11(12)5-6-11)8(2)14-10(15)13-7/h3-6,12H2,1-2H3,(H,13,14,15). The van der Waals surface area contributed by atoms with Crippen molar-refractivity contribution in [3.05, 3.63) is 27.4 Å². The molecule has 0 atom stereocenters. The van der Waals surface area contributed by atoms with Gasteiger partial charge in [0.1, 0.15) is 0 Å². The van der Waals surface area contributed by atoms with Crippen molar-refractivity contribution in [3.63, 3.8) is 0 Å². The van der Waals surface area contributed by atoms with Crippen LogP contribution in [0.2, 0.25) is 0 Å². The Bertz CT molecular complexity index is 406. The van der Waals surface area contributed by atoms with Crippen LogP contribution >= 0.6 is 0 Å². The Morgan fingerprint density at radius 3 is 2.67 bits per heavy atom. The van der Waals surface area contributed by atoms with E-state index < -0.39 is 0 Å². The second-order valence-corrected chi connectivity index (χ2v) is 4.59. The average Bonchev–Trinajstić information content (AvgIpc) is 2.82. The molecule has 4 nitrogen and oxygen atoms in total. The van der Waals surface area contributed by atoms with Crippen LogP contribution in [-0.4, -0.2) is 15.5 Å². The van der Waals surface area contributed by atoms with Crippen LogP contribution in [0.15, 0.2) is 4.79 Å². The molecule has 0 radical (unpaired) electrons. The van der Waals surface area contributed by atoms with E-state index in [0.29, 0.717) is 0 Å². The van der Waals surface area contributed by atoms with Crippen LogP contribution in [0.25, 0.3) is 0 Å². The minimum atomic E-state index is -0.261. The second-order valence-electron chi connectivity index (χ2n) is 4.59. The smallest absolute Gasteiger partial charge is 0.325 e. The van der Waals surface area contributed by atoms with E-state index >= 15 is 0 Å². The Hall–Kier alpha value is -1.16. The zero-order valence-electron chi connectivity index (χ0n) is 9.26. The first-order chi connectivity index (χ1) is 7.00. The van der Waals surface area contributed by atoms with Crippen molar-refractivity contribution in [1.29, 1.82) is 0 Å². The minimum absolute atomic E-state index is 0.0645. The van der Waals surface area contributed by atoms with E-state index in [-0.39, 0.29) is 11.2 Å². The van der Waals surface area contributed by atoms with Gasteiger partial charge in [0.15, 0.2) is 0 Å². The summed E-state index contributed by atoms with van der Waals surface area (Å²) >= 11 is 0. The summed E-state index contributed by atoms with van der Waals surface area (Å²) < 4.78 is 0. The van der Waals surface area contributed by atoms with E-state index in [0.717, 1.165) is 42.6 Å². The molecule has 1 aromatic rings. The minimum Gasteiger partial charge on any atom is -0.325 e. The monoisotopic (exact) mass is 207 g/mol. The van der Waals surface area contributed by atoms with E-state index in [9.17, 15) is 4.79 Å². The van der Waals surface area contributed by atoms with Gasteiger partial charge in [-0.1, -0.05) is 0 Å². The van der Waals surface area contributed by atoms with E-state index in [1.807, 2.05) is 13.8 Å². The number of nitrogens with one attached hydrogen (secondary N) is 1. The predicted molar refractivity (Wildman–Crippen MR) is 58.8 cm³/mol. The molecule has 1 heterocycles. The molecule has 0 aromatic carbocycles. The third-order valence-electron chi connectivity index (χ3n) is 3.22. The van der Waals surface area contributed by atoms with Crippen molar-refractivity contribution in [3.8, 4) is 0 Å². The summed E-state index contributed by atoms with van der Waals surface area (Å²) in [4.78, 5) is 17.7. The molecule has 1 aliphatic carbocycles. The van der Waals surface area contributed by atoms with E-state index in [2.05, 4.69) is 9.97 Å². The quantitative estimate of drug-likeness (QED) is 0.770.